The Hall–Kier alpha value is -3.36. The van der Waals surface area contributed by atoms with Crippen molar-refractivity contribution in [1.29, 1.82) is 0 Å². The number of rotatable bonds is 4. The molecule has 1 unspecified atom stereocenters. The Kier molecular flexibility index (Phi) is 5.39. The summed E-state index contributed by atoms with van der Waals surface area (Å²) in [5.74, 6) is -2.25. The van der Waals surface area contributed by atoms with Crippen molar-refractivity contribution in [2.75, 3.05) is 26.8 Å². The summed E-state index contributed by atoms with van der Waals surface area (Å²) in [6.07, 6.45) is 1.63. The lowest BCUT2D eigenvalue weighted by molar-refractivity contribution is -0.144. The number of nitrogens with zero attached hydrogens (tertiary/aromatic N) is 3. The zero-order valence-corrected chi connectivity index (χ0v) is 15.0. The van der Waals surface area contributed by atoms with Crippen molar-refractivity contribution in [3.8, 4) is 0 Å². The number of ether oxygens (including phenoxy) is 2. The maximum atomic E-state index is 12.5. The van der Waals surface area contributed by atoms with Crippen molar-refractivity contribution in [3.63, 3.8) is 0 Å². The molecule has 0 saturated heterocycles. The van der Waals surface area contributed by atoms with Gasteiger partial charge in [0.2, 0.25) is 11.7 Å². The number of esters is 2. The lowest BCUT2D eigenvalue weighted by Crippen LogP contribution is -2.42. The molecular weight excluding hydrogens is 352 g/mol. The van der Waals surface area contributed by atoms with Gasteiger partial charge in [0.1, 0.15) is 11.6 Å². The quantitative estimate of drug-likeness (QED) is 0.458. The van der Waals surface area contributed by atoms with Crippen LogP contribution in [0.1, 0.15) is 24.1 Å². The first-order chi connectivity index (χ1) is 13.1. The fraction of sp³-hybridized carbons (Fsp3) is 0.333. The minimum absolute atomic E-state index is 0.0503. The number of fused-ring (bicyclic) bond motifs is 1. The molecule has 0 aliphatic carbocycles. The molecule has 0 amide bonds. The van der Waals surface area contributed by atoms with Crippen LogP contribution < -0.4 is 5.32 Å². The number of hydrogen-bond donors (Lipinski definition) is 2. The molecule has 9 nitrogen and oxygen atoms in total. The predicted molar refractivity (Wildman–Crippen MR) is 97.2 cm³/mol. The largest absolute Gasteiger partial charge is 0.501 e. The van der Waals surface area contributed by atoms with Crippen molar-refractivity contribution in [3.05, 3.63) is 46.7 Å². The van der Waals surface area contributed by atoms with E-state index in [1.807, 2.05) is 12.1 Å². The third kappa shape index (κ3) is 3.48. The van der Waals surface area contributed by atoms with Crippen molar-refractivity contribution in [2.24, 2.45) is 10.1 Å². The summed E-state index contributed by atoms with van der Waals surface area (Å²) in [5, 5.41) is 19.4. The summed E-state index contributed by atoms with van der Waals surface area (Å²) in [6.45, 7) is 2.83. The van der Waals surface area contributed by atoms with E-state index in [0.29, 0.717) is 24.6 Å². The standard InChI is InChI=1S/C18H20N4O5/c1-3-27-17(25)15(23)13(16(24)26-2)14-12-7-5-4-6-11(12)10-21-22(14)18-19-8-9-20-18/h4-7,10,14,23H,3,8-9H2,1-2H3,(H,19,20)/b15-13+. The number of aliphatic hydroxyl groups excluding tert-OH is 1. The Labute approximate surface area is 156 Å². The molecule has 1 atom stereocenters. The number of guanidine groups is 1. The van der Waals surface area contributed by atoms with E-state index in [2.05, 4.69) is 15.4 Å². The van der Waals surface area contributed by atoms with Crippen LogP contribution in [0.5, 0.6) is 0 Å². The first kappa shape index (κ1) is 18.4. The van der Waals surface area contributed by atoms with Crippen LogP contribution in [0.4, 0.5) is 0 Å². The van der Waals surface area contributed by atoms with Crippen molar-refractivity contribution in [2.45, 2.75) is 13.0 Å². The summed E-state index contributed by atoms with van der Waals surface area (Å²) in [4.78, 5) is 29.0. The Balaban J connectivity index is 2.18. The zero-order valence-electron chi connectivity index (χ0n) is 15.0. The highest BCUT2D eigenvalue weighted by atomic mass is 16.5. The zero-order chi connectivity index (χ0) is 19.4. The molecule has 2 aliphatic rings. The number of carbonyl (C=O) groups excluding carboxylic acids is 2. The van der Waals surface area contributed by atoms with Gasteiger partial charge in [0.25, 0.3) is 0 Å². The van der Waals surface area contributed by atoms with Gasteiger partial charge < -0.3 is 19.9 Å². The lowest BCUT2D eigenvalue weighted by Gasteiger charge is -2.33. The van der Waals surface area contributed by atoms with Gasteiger partial charge in [-0.05, 0) is 12.5 Å². The SMILES string of the molecule is CCOC(=O)/C(O)=C(\C(=O)OC)C1c2ccccc2C=NN1C1=NCCN1. The Bertz CT molecular complexity index is 846. The molecule has 0 radical (unpaired) electrons. The van der Waals surface area contributed by atoms with Crippen LogP contribution in [0.25, 0.3) is 0 Å². The van der Waals surface area contributed by atoms with E-state index in [-0.39, 0.29) is 12.2 Å². The molecule has 2 N–H and O–H groups in total. The third-order valence-electron chi connectivity index (χ3n) is 4.13. The Morgan fingerprint density at radius 1 is 1.33 bits per heavy atom. The van der Waals surface area contributed by atoms with Crippen LogP contribution in [-0.4, -0.2) is 61.0 Å². The van der Waals surface area contributed by atoms with Crippen LogP contribution in [0.2, 0.25) is 0 Å². The monoisotopic (exact) mass is 372 g/mol. The molecule has 27 heavy (non-hydrogen) atoms. The third-order valence-corrected chi connectivity index (χ3v) is 4.13. The van der Waals surface area contributed by atoms with E-state index in [1.54, 1.807) is 25.3 Å². The summed E-state index contributed by atoms with van der Waals surface area (Å²) in [7, 11) is 1.18. The molecule has 0 fully saturated rings. The van der Waals surface area contributed by atoms with Gasteiger partial charge in [-0.3, -0.25) is 0 Å². The highest BCUT2D eigenvalue weighted by molar-refractivity contribution is 6.01. The van der Waals surface area contributed by atoms with Gasteiger partial charge in [0.05, 0.1) is 26.5 Å². The molecule has 142 valence electrons. The van der Waals surface area contributed by atoms with Gasteiger partial charge in [-0.15, -0.1) is 0 Å². The maximum absolute atomic E-state index is 12.5. The first-order valence-electron chi connectivity index (χ1n) is 8.47. The van der Waals surface area contributed by atoms with Gasteiger partial charge >= 0.3 is 11.9 Å². The van der Waals surface area contributed by atoms with Gasteiger partial charge in [-0.2, -0.15) is 5.10 Å². The van der Waals surface area contributed by atoms with E-state index in [1.165, 1.54) is 12.1 Å². The molecule has 1 aromatic carbocycles. The fourth-order valence-corrected chi connectivity index (χ4v) is 2.95. The van der Waals surface area contributed by atoms with Gasteiger partial charge in [0, 0.05) is 12.1 Å². The van der Waals surface area contributed by atoms with Crippen LogP contribution in [0, 0.1) is 0 Å². The van der Waals surface area contributed by atoms with Crippen molar-refractivity contribution in [1.82, 2.24) is 10.3 Å². The summed E-state index contributed by atoms with van der Waals surface area (Å²) >= 11 is 0. The number of benzene rings is 1. The van der Waals surface area contributed by atoms with E-state index in [4.69, 9.17) is 9.47 Å². The number of aliphatic hydroxyl groups is 1. The van der Waals surface area contributed by atoms with Gasteiger partial charge in [-0.25, -0.2) is 19.6 Å². The maximum Gasteiger partial charge on any atom is 0.374 e. The summed E-state index contributed by atoms with van der Waals surface area (Å²) < 4.78 is 9.70. The topological polar surface area (TPSA) is 113 Å². The fourth-order valence-electron chi connectivity index (χ4n) is 2.95. The minimum atomic E-state index is -1.01. The van der Waals surface area contributed by atoms with E-state index in [0.717, 1.165) is 5.56 Å². The number of hydrazone groups is 1. The Morgan fingerprint density at radius 2 is 2.11 bits per heavy atom. The first-order valence-corrected chi connectivity index (χ1v) is 8.47. The Morgan fingerprint density at radius 3 is 2.78 bits per heavy atom. The minimum Gasteiger partial charge on any atom is -0.501 e. The smallest absolute Gasteiger partial charge is 0.374 e. The molecule has 0 bridgehead atoms. The second-order valence-electron chi connectivity index (χ2n) is 5.73. The highest BCUT2D eigenvalue weighted by Gasteiger charge is 2.39. The van der Waals surface area contributed by atoms with Crippen LogP contribution in [0.3, 0.4) is 0 Å². The normalized spacial score (nSPS) is 18.8. The highest BCUT2D eigenvalue weighted by Crippen LogP contribution is 2.36. The molecule has 1 aromatic rings. The molecule has 9 heteroatoms. The molecule has 0 saturated carbocycles. The average molecular weight is 372 g/mol. The number of aliphatic imine (C=N–C) groups is 1. The number of carbonyl (C=O) groups is 2. The van der Waals surface area contributed by atoms with E-state index >= 15 is 0 Å². The van der Waals surface area contributed by atoms with E-state index < -0.39 is 23.7 Å². The lowest BCUT2D eigenvalue weighted by atomic mass is 9.92. The number of methoxy groups -OCH3 is 1. The van der Waals surface area contributed by atoms with E-state index in [9.17, 15) is 14.7 Å². The predicted octanol–water partition coefficient (Wildman–Crippen LogP) is 0.885. The molecule has 0 spiro atoms. The summed E-state index contributed by atoms with van der Waals surface area (Å²) in [5.41, 5.74) is 1.15. The van der Waals surface area contributed by atoms with Crippen LogP contribution >= 0.6 is 0 Å². The molecular formula is C18H20N4O5. The molecule has 2 heterocycles. The second-order valence-corrected chi connectivity index (χ2v) is 5.73. The van der Waals surface area contributed by atoms with Gasteiger partial charge in [0.15, 0.2) is 0 Å². The number of hydrogen-bond acceptors (Lipinski definition) is 9. The van der Waals surface area contributed by atoms with Crippen LogP contribution in [0.15, 0.2) is 45.7 Å². The molecule has 3 rings (SSSR count). The average Bonchev–Trinajstić information content (AvgIpc) is 3.22. The second kappa shape index (κ2) is 7.90. The van der Waals surface area contributed by atoms with Crippen molar-refractivity contribution >= 4 is 24.1 Å². The molecule has 2 aliphatic heterocycles. The summed E-state index contributed by atoms with van der Waals surface area (Å²) in [6, 6.07) is 6.32. The number of nitrogens with one attached hydrogen (secondary N) is 1. The van der Waals surface area contributed by atoms with Crippen LogP contribution in [-0.2, 0) is 19.1 Å². The molecule has 0 aromatic heterocycles. The van der Waals surface area contributed by atoms with Crippen molar-refractivity contribution < 1.29 is 24.2 Å². The van der Waals surface area contributed by atoms with Gasteiger partial charge in [-0.1, -0.05) is 24.3 Å².